The van der Waals surface area contributed by atoms with Crippen molar-refractivity contribution in [2.45, 2.75) is 0 Å². The quantitative estimate of drug-likeness (QED) is 0.403. The van der Waals surface area contributed by atoms with Crippen LogP contribution in [0.2, 0.25) is 15.1 Å². The SMILES string of the molecule is O=C(O)CNc1nc(F)c(Cl)c(Oc2ccc(O)c(-c3cccc(Cl)c3)c2)c1Cl. The van der Waals surface area contributed by atoms with Crippen LogP contribution in [0.25, 0.3) is 11.1 Å². The highest BCUT2D eigenvalue weighted by Gasteiger charge is 2.21. The number of benzene rings is 2. The maximum absolute atomic E-state index is 14.1. The van der Waals surface area contributed by atoms with Crippen LogP contribution in [0.3, 0.4) is 0 Å². The molecule has 10 heteroatoms. The summed E-state index contributed by atoms with van der Waals surface area (Å²) in [7, 11) is 0. The molecule has 0 aliphatic heterocycles. The Labute approximate surface area is 179 Å². The molecule has 0 fully saturated rings. The molecule has 0 unspecified atom stereocenters. The van der Waals surface area contributed by atoms with Gasteiger partial charge in [0.15, 0.2) is 11.6 Å². The Kier molecular flexibility index (Phi) is 6.32. The smallest absolute Gasteiger partial charge is 0.322 e. The van der Waals surface area contributed by atoms with Crippen molar-refractivity contribution in [1.82, 2.24) is 4.98 Å². The van der Waals surface area contributed by atoms with Crippen LogP contribution in [0.5, 0.6) is 17.2 Å². The first-order valence-corrected chi connectivity index (χ1v) is 9.16. The maximum Gasteiger partial charge on any atom is 0.322 e. The van der Waals surface area contributed by atoms with Crippen molar-refractivity contribution < 1.29 is 24.1 Å². The number of rotatable bonds is 6. The summed E-state index contributed by atoms with van der Waals surface area (Å²) in [5, 5.41) is 21.1. The van der Waals surface area contributed by atoms with Crippen molar-refractivity contribution in [1.29, 1.82) is 0 Å². The van der Waals surface area contributed by atoms with Gasteiger partial charge in [0.2, 0.25) is 5.95 Å². The van der Waals surface area contributed by atoms with Gasteiger partial charge >= 0.3 is 5.97 Å². The van der Waals surface area contributed by atoms with Crippen LogP contribution in [0.15, 0.2) is 42.5 Å². The molecule has 3 rings (SSSR count). The first kappa shape index (κ1) is 21.0. The van der Waals surface area contributed by atoms with Gasteiger partial charge in [0, 0.05) is 10.6 Å². The number of nitrogens with one attached hydrogen (secondary N) is 1. The molecule has 29 heavy (non-hydrogen) atoms. The number of hydrogen-bond acceptors (Lipinski definition) is 5. The molecule has 0 saturated heterocycles. The van der Waals surface area contributed by atoms with E-state index in [0.717, 1.165) is 0 Å². The molecule has 0 bridgehead atoms. The lowest BCUT2D eigenvalue weighted by Crippen LogP contribution is -2.14. The number of aliphatic carboxylic acids is 1. The number of phenols is 1. The second-order valence-corrected chi connectivity index (χ2v) is 6.94. The summed E-state index contributed by atoms with van der Waals surface area (Å²) in [5.41, 5.74) is 1.04. The number of carboxylic acids is 1. The van der Waals surface area contributed by atoms with E-state index in [4.69, 9.17) is 44.6 Å². The van der Waals surface area contributed by atoms with Crippen molar-refractivity contribution in [2.24, 2.45) is 0 Å². The topological polar surface area (TPSA) is 91.7 Å². The number of halogens is 4. The first-order chi connectivity index (χ1) is 13.8. The monoisotopic (exact) mass is 456 g/mol. The van der Waals surface area contributed by atoms with Crippen LogP contribution in [0, 0.1) is 5.95 Å². The average molecular weight is 458 g/mol. The minimum atomic E-state index is -1.19. The van der Waals surface area contributed by atoms with Crippen molar-refractivity contribution in [3.8, 4) is 28.4 Å². The van der Waals surface area contributed by atoms with Gasteiger partial charge in [0.25, 0.3) is 0 Å². The summed E-state index contributed by atoms with van der Waals surface area (Å²) < 4.78 is 19.7. The maximum atomic E-state index is 14.1. The molecule has 1 aromatic heterocycles. The van der Waals surface area contributed by atoms with Gasteiger partial charge in [0.1, 0.15) is 28.1 Å². The van der Waals surface area contributed by atoms with E-state index in [0.29, 0.717) is 16.1 Å². The normalized spacial score (nSPS) is 10.6. The number of nitrogens with zero attached hydrogens (tertiary/aromatic N) is 1. The van der Waals surface area contributed by atoms with E-state index in [1.165, 1.54) is 18.2 Å². The summed E-state index contributed by atoms with van der Waals surface area (Å²) >= 11 is 18.1. The minimum Gasteiger partial charge on any atom is -0.507 e. The summed E-state index contributed by atoms with van der Waals surface area (Å²) in [6, 6.07) is 11.1. The fourth-order valence-corrected chi connectivity index (χ4v) is 3.10. The van der Waals surface area contributed by atoms with Gasteiger partial charge in [-0.1, -0.05) is 46.9 Å². The predicted molar refractivity (Wildman–Crippen MR) is 109 cm³/mol. The van der Waals surface area contributed by atoms with Gasteiger partial charge in [-0.25, -0.2) is 0 Å². The second-order valence-electron chi connectivity index (χ2n) is 5.75. The van der Waals surface area contributed by atoms with Gasteiger partial charge in [-0.3, -0.25) is 4.79 Å². The highest BCUT2D eigenvalue weighted by atomic mass is 35.5. The summed E-state index contributed by atoms with van der Waals surface area (Å²) in [5.74, 6) is -2.60. The number of anilines is 1. The van der Waals surface area contributed by atoms with E-state index in [9.17, 15) is 14.3 Å². The molecule has 2 aromatic carbocycles. The third-order valence-corrected chi connectivity index (χ3v) is 4.64. The van der Waals surface area contributed by atoms with Crippen LogP contribution in [-0.2, 0) is 4.79 Å². The predicted octanol–water partition coefficient (Wildman–Crippen LogP) is 5.84. The Morgan fingerprint density at radius 1 is 1.14 bits per heavy atom. The van der Waals surface area contributed by atoms with Gasteiger partial charge < -0.3 is 20.3 Å². The van der Waals surface area contributed by atoms with Gasteiger partial charge in [0.05, 0.1) is 0 Å². The molecule has 0 aliphatic rings. The average Bonchev–Trinajstić information content (AvgIpc) is 2.68. The fraction of sp³-hybridized carbons (Fsp3) is 0.0526. The van der Waals surface area contributed by atoms with E-state index >= 15 is 0 Å². The number of carbonyl (C=O) groups is 1. The number of hydrogen-bond donors (Lipinski definition) is 3. The van der Waals surface area contributed by atoms with Crippen molar-refractivity contribution in [3.05, 3.63) is 63.5 Å². The van der Waals surface area contributed by atoms with Crippen molar-refractivity contribution >= 4 is 46.6 Å². The number of carboxylic acid groups (broad SMARTS) is 1. The lowest BCUT2D eigenvalue weighted by molar-refractivity contribution is -0.134. The molecule has 0 aliphatic carbocycles. The molecule has 0 radical (unpaired) electrons. The molecule has 150 valence electrons. The third-order valence-electron chi connectivity index (χ3n) is 3.73. The number of aromatic nitrogens is 1. The van der Waals surface area contributed by atoms with Gasteiger partial charge in [-0.2, -0.15) is 9.37 Å². The van der Waals surface area contributed by atoms with Crippen LogP contribution in [-0.4, -0.2) is 27.7 Å². The lowest BCUT2D eigenvalue weighted by Gasteiger charge is -2.14. The molecular weight excluding hydrogens is 446 g/mol. The Bertz CT molecular complexity index is 1100. The minimum absolute atomic E-state index is 0.0264. The van der Waals surface area contributed by atoms with E-state index in [1.54, 1.807) is 24.3 Å². The molecule has 1 heterocycles. The standard InChI is InChI=1S/C19H12Cl3FN2O4/c20-10-3-1-2-9(6-10)12-7-11(4-5-13(12)26)29-17-15(21)18(23)25-19(16(17)22)24-8-14(27)28/h1-7,26H,8H2,(H,24,25)(H,27,28). The number of aromatic hydroxyl groups is 1. The first-order valence-electron chi connectivity index (χ1n) is 8.03. The largest absolute Gasteiger partial charge is 0.507 e. The molecule has 0 amide bonds. The Morgan fingerprint density at radius 3 is 2.59 bits per heavy atom. The zero-order valence-electron chi connectivity index (χ0n) is 14.4. The molecule has 0 spiro atoms. The Morgan fingerprint density at radius 2 is 1.90 bits per heavy atom. The zero-order chi connectivity index (χ0) is 21.1. The van der Waals surface area contributed by atoms with Crippen LogP contribution < -0.4 is 10.1 Å². The molecule has 6 nitrogen and oxygen atoms in total. The van der Waals surface area contributed by atoms with E-state index in [1.807, 2.05) is 0 Å². The summed E-state index contributed by atoms with van der Waals surface area (Å²) in [6.07, 6.45) is 0. The summed E-state index contributed by atoms with van der Waals surface area (Å²) in [6.45, 7) is -0.536. The molecule has 3 aromatic rings. The Hall–Kier alpha value is -2.74. The van der Waals surface area contributed by atoms with Gasteiger partial charge in [-0.05, 0) is 35.9 Å². The number of pyridine rings is 1. The fourth-order valence-electron chi connectivity index (χ4n) is 2.44. The summed E-state index contributed by atoms with van der Waals surface area (Å²) in [4.78, 5) is 14.2. The Balaban J connectivity index is 2.00. The number of phenolic OH excluding ortho intramolecular Hbond substituents is 1. The van der Waals surface area contributed by atoms with E-state index in [-0.39, 0.29) is 28.1 Å². The van der Waals surface area contributed by atoms with Crippen molar-refractivity contribution in [3.63, 3.8) is 0 Å². The molecule has 0 atom stereocenters. The van der Waals surface area contributed by atoms with Crippen LogP contribution in [0.4, 0.5) is 10.2 Å². The zero-order valence-corrected chi connectivity index (χ0v) is 16.7. The molecule has 0 saturated carbocycles. The van der Waals surface area contributed by atoms with Crippen LogP contribution >= 0.6 is 34.8 Å². The second kappa shape index (κ2) is 8.73. The third kappa shape index (κ3) is 4.82. The van der Waals surface area contributed by atoms with E-state index < -0.39 is 23.5 Å². The van der Waals surface area contributed by atoms with Crippen molar-refractivity contribution in [2.75, 3.05) is 11.9 Å². The number of ether oxygens (including phenoxy) is 1. The van der Waals surface area contributed by atoms with Crippen LogP contribution in [0.1, 0.15) is 0 Å². The highest BCUT2D eigenvalue weighted by molar-refractivity contribution is 6.38. The highest BCUT2D eigenvalue weighted by Crippen LogP contribution is 2.42. The molecule has 3 N–H and O–H groups in total. The van der Waals surface area contributed by atoms with Gasteiger partial charge in [-0.15, -0.1) is 0 Å². The molecular formula is C19H12Cl3FN2O4. The lowest BCUT2D eigenvalue weighted by atomic mass is 10.0. The van der Waals surface area contributed by atoms with E-state index in [2.05, 4.69) is 10.3 Å².